The van der Waals surface area contributed by atoms with E-state index in [-0.39, 0.29) is 0 Å². The zero-order valence-electron chi connectivity index (χ0n) is 8.34. The standard InChI is InChI=1S/C9H8BrNO5S/c10-6-1-4(3-17-6)8(14)11-5(9(15)16)2-7(12)13/h1,3,5H,2H2,(H,11,14)(H,12,13)(H,15,16). The van der Waals surface area contributed by atoms with Crippen molar-refractivity contribution in [3.05, 3.63) is 20.8 Å². The van der Waals surface area contributed by atoms with Crippen molar-refractivity contribution in [3.63, 3.8) is 0 Å². The minimum absolute atomic E-state index is 0.290. The number of carbonyl (C=O) groups is 3. The molecule has 0 aliphatic heterocycles. The second kappa shape index (κ2) is 5.78. The molecule has 0 bridgehead atoms. The summed E-state index contributed by atoms with van der Waals surface area (Å²) in [6.07, 6.45) is -0.660. The lowest BCUT2D eigenvalue weighted by Crippen LogP contribution is -2.42. The Morgan fingerprint density at radius 2 is 2.06 bits per heavy atom. The molecular formula is C9H8BrNO5S. The molecule has 0 aromatic carbocycles. The molecule has 92 valence electrons. The van der Waals surface area contributed by atoms with Gasteiger partial charge in [-0.05, 0) is 22.0 Å². The van der Waals surface area contributed by atoms with Crippen LogP contribution in [0.3, 0.4) is 0 Å². The highest BCUT2D eigenvalue weighted by molar-refractivity contribution is 9.11. The third-order valence-corrected chi connectivity index (χ3v) is 3.32. The van der Waals surface area contributed by atoms with Gasteiger partial charge in [-0.15, -0.1) is 11.3 Å². The number of carboxylic acids is 2. The smallest absolute Gasteiger partial charge is 0.326 e. The van der Waals surface area contributed by atoms with Crippen molar-refractivity contribution in [2.24, 2.45) is 0 Å². The first kappa shape index (κ1) is 13.7. The van der Waals surface area contributed by atoms with Crippen LogP contribution in [-0.2, 0) is 9.59 Å². The molecule has 1 rings (SSSR count). The predicted octanol–water partition coefficient (Wildman–Crippen LogP) is 1.17. The summed E-state index contributed by atoms with van der Waals surface area (Å²) in [7, 11) is 0. The molecule has 0 aliphatic rings. The van der Waals surface area contributed by atoms with Crippen LogP contribution in [0.15, 0.2) is 15.2 Å². The van der Waals surface area contributed by atoms with Gasteiger partial charge in [0.1, 0.15) is 6.04 Å². The lowest BCUT2D eigenvalue weighted by atomic mass is 10.2. The summed E-state index contributed by atoms with van der Waals surface area (Å²) in [5.41, 5.74) is 0.290. The van der Waals surface area contributed by atoms with Crippen molar-refractivity contribution in [2.75, 3.05) is 0 Å². The quantitative estimate of drug-likeness (QED) is 0.755. The molecule has 1 heterocycles. The lowest BCUT2D eigenvalue weighted by Gasteiger charge is -2.11. The van der Waals surface area contributed by atoms with Crippen molar-refractivity contribution < 1.29 is 24.6 Å². The number of halogens is 1. The monoisotopic (exact) mass is 321 g/mol. The first-order valence-electron chi connectivity index (χ1n) is 4.39. The number of thiophene rings is 1. The molecule has 1 unspecified atom stereocenters. The van der Waals surface area contributed by atoms with E-state index in [0.29, 0.717) is 5.56 Å². The average molecular weight is 322 g/mol. The topological polar surface area (TPSA) is 104 Å². The fourth-order valence-corrected chi connectivity index (χ4v) is 2.18. The molecule has 0 saturated carbocycles. The molecule has 3 N–H and O–H groups in total. The first-order valence-corrected chi connectivity index (χ1v) is 6.07. The molecule has 0 fully saturated rings. The van der Waals surface area contributed by atoms with Crippen LogP contribution in [0.2, 0.25) is 0 Å². The molecule has 0 radical (unpaired) electrons. The summed E-state index contributed by atoms with van der Waals surface area (Å²) in [6.45, 7) is 0. The molecule has 1 aromatic heterocycles. The summed E-state index contributed by atoms with van der Waals surface area (Å²) in [6, 6.07) is 0.0957. The third kappa shape index (κ3) is 4.16. The van der Waals surface area contributed by atoms with Gasteiger partial charge < -0.3 is 15.5 Å². The van der Waals surface area contributed by atoms with Crippen LogP contribution in [0.1, 0.15) is 16.8 Å². The van der Waals surface area contributed by atoms with Gasteiger partial charge in [-0.1, -0.05) is 0 Å². The maximum absolute atomic E-state index is 11.6. The average Bonchev–Trinajstić information content (AvgIpc) is 2.63. The number of amides is 1. The van der Waals surface area contributed by atoms with Crippen LogP contribution < -0.4 is 5.32 Å². The van der Waals surface area contributed by atoms with E-state index >= 15 is 0 Å². The van der Waals surface area contributed by atoms with Crippen molar-refractivity contribution in [3.8, 4) is 0 Å². The van der Waals surface area contributed by atoms with Gasteiger partial charge in [-0.25, -0.2) is 4.79 Å². The highest BCUT2D eigenvalue weighted by Gasteiger charge is 2.23. The van der Waals surface area contributed by atoms with Gasteiger partial charge in [0.25, 0.3) is 5.91 Å². The fourth-order valence-electron chi connectivity index (χ4n) is 1.05. The van der Waals surface area contributed by atoms with Gasteiger partial charge in [-0.3, -0.25) is 9.59 Å². The zero-order chi connectivity index (χ0) is 13.0. The Morgan fingerprint density at radius 1 is 1.41 bits per heavy atom. The molecule has 17 heavy (non-hydrogen) atoms. The van der Waals surface area contributed by atoms with Gasteiger partial charge >= 0.3 is 11.9 Å². The first-order chi connectivity index (χ1) is 7.90. The minimum Gasteiger partial charge on any atom is -0.481 e. The summed E-state index contributed by atoms with van der Waals surface area (Å²) in [4.78, 5) is 32.7. The van der Waals surface area contributed by atoms with Gasteiger partial charge in [0.15, 0.2) is 0 Å². The number of rotatable bonds is 5. The van der Waals surface area contributed by atoms with Crippen molar-refractivity contribution in [1.29, 1.82) is 0 Å². The van der Waals surface area contributed by atoms with Gasteiger partial charge in [0.05, 0.1) is 15.8 Å². The number of hydrogen-bond donors (Lipinski definition) is 3. The van der Waals surface area contributed by atoms with Gasteiger partial charge in [0, 0.05) is 5.38 Å². The van der Waals surface area contributed by atoms with E-state index in [1.54, 1.807) is 5.38 Å². The number of nitrogens with one attached hydrogen (secondary N) is 1. The molecule has 1 amide bonds. The molecule has 0 spiro atoms. The van der Waals surface area contributed by atoms with E-state index in [2.05, 4.69) is 21.2 Å². The Morgan fingerprint density at radius 3 is 2.47 bits per heavy atom. The number of aliphatic carboxylic acids is 2. The lowest BCUT2D eigenvalue weighted by molar-refractivity contribution is -0.145. The molecular weight excluding hydrogens is 314 g/mol. The highest BCUT2D eigenvalue weighted by atomic mass is 79.9. The van der Waals surface area contributed by atoms with E-state index in [1.807, 2.05) is 0 Å². The Hall–Kier alpha value is -1.41. The Labute approximate surface area is 108 Å². The molecule has 0 aliphatic carbocycles. The van der Waals surface area contributed by atoms with Crippen LogP contribution in [0.25, 0.3) is 0 Å². The summed E-state index contributed by atoms with van der Waals surface area (Å²) in [5, 5.41) is 20.9. The second-order valence-corrected chi connectivity index (χ2v) is 5.39. The van der Waals surface area contributed by atoms with Crippen LogP contribution in [0.4, 0.5) is 0 Å². The van der Waals surface area contributed by atoms with Gasteiger partial charge in [-0.2, -0.15) is 0 Å². The Bertz CT molecular complexity index is 458. The zero-order valence-corrected chi connectivity index (χ0v) is 10.7. The van der Waals surface area contributed by atoms with Crippen LogP contribution >= 0.6 is 27.3 Å². The van der Waals surface area contributed by atoms with Crippen LogP contribution in [-0.4, -0.2) is 34.1 Å². The van der Waals surface area contributed by atoms with Crippen molar-refractivity contribution in [1.82, 2.24) is 5.32 Å². The third-order valence-electron chi connectivity index (χ3n) is 1.81. The number of hydrogen-bond acceptors (Lipinski definition) is 4. The maximum Gasteiger partial charge on any atom is 0.326 e. The van der Waals surface area contributed by atoms with Crippen molar-refractivity contribution >= 4 is 45.1 Å². The maximum atomic E-state index is 11.6. The predicted molar refractivity (Wildman–Crippen MR) is 63.2 cm³/mol. The Kier molecular flexibility index (Phi) is 4.64. The largest absolute Gasteiger partial charge is 0.481 e. The summed E-state index contributed by atoms with van der Waals surface area (Å²) >= 11 is 4.44. The summed E-state index contributed by atoms with van der Waals surface area (Å²) < 4.78 is 0.729. The molecule has 1 atom stereocenters. The summed E-state index contributed by atoms with van der Waals surface area (Å²) in [5.74, 6) is -3.28. The normalized spacial score (nSPS) is 11.8. The van der Waals surface area contributed by atoms with E-state index in [0.717, 1.165) is 3.79 Å². The van der Waals surface area contributed by atoms with Gasteiger partial charge in [0.2, 0.25) is 0 Å². The molecule has 0 saturated heterocycles. The van der Waals surface area contributed by atoms with E-state index in [9.17, 15) is 14.4 Å². The highest BCUT2D eigenvalue weighted by Crippen LogP contribution is 2.20. The SMILES string of the molecule is O=C(O)CC(NC(=O)c1csc(Br)c1)C(=O)O. The molecule has 1 aromatic rings. The molecule has 8 heteroatoms. The van der Waals surface area contributed by atoms with Crippen molar-refractivity contribution in [2.45, 2.75) is 12.5 Å². The second-order valence-electron chi connectivity index (χ2n) is 3.10. The van der Waals surface area contributed by atoms with E-state index in [1.165, 1.54) is 17.4 Å². The molecule has 6 nitrogen and oxygen atoms in total. The number of carboxylic acid groups (broad SMARTS) is 2. The van der Waals surface area contributed by atoms with Crippen LogP contribution in [0.5, 0.6) is 0 Å². The van der Waals surface area contributed by atoms with Crippen LogP contribution in [0, 0.1) is 0 Å². The van der Waals surface area contributed by atoms with E-state index in [4.69, 9.17) is 10.2 Å². The Balaban J connectivity index is 2.70. The number of carbonyl (C=O) groups excluding carboxylic acids is 1. The van der Waals surface area contributed by atoms with E-state index < -0.39 is 30.3 Å². The fraction of sp³-hybridized carbons (Fsp3) is 0.222. The minimum atomic E-state index is -1.43.